The quantitative estimate of drug-likeness (QED) is 0.581. The number of nitrogens with zero attached hydrogens (tertiary/aromatic N) is 1. The minimum absolute atomic E-state index is 0.207. The number of rotatable bonds is 7. The number of imidazole rings is 1. The second-order valence-corrected chi connectivity index (χ2v) is 3.13. The number of carbonyl (C=O) groups excluding carboxylic acids is 1. The van der Waals surface area contributed by atoms with Crippen molar-refractivity contribution < 1.29 is 19.0 Å². The number of ether oxygens (including phenoxy) is 3. The van der Waals surface area contributed by atoms with Crippen LogP contribution in [0.5, 0.6) is 0 Å². The highest BCUT2D eigenvalue weighted by Crippen LogP contribution is 2.20. The summed E-state index contributed by atoms with van der Waals surface area (Å²) in [5.41, 5.74) is 0.700. The molecular formula is C11H18N2O4. The first-order valence-corrected chi connectivity index (χ1v) is 5.68. The minimum Gasteiger partial charge on any atom is -0.461 e. The third kappa shape index (κ3) is 3.54. The van der Waals surface area contributed by atoms with E-state index < -0.39 is 12.3 Å². The predicted molar refractivity (Wildman–Crippen MR) is 60.5 cm³/mol. The number of H-pyrrole nitrogens is 1. The molecule has 1 heterocycles. The lowest BCUT2D eigenvalue weighted by Crippen LogP contribution is -2.15. The van der Waals surface area contributed by atoms with Crippen molar-refractivity contribution in [2.24, 2.45) is 0 Å². The van der Waals surface area contributed by atoms with E-state index in [4.69, 9.17) is 14.2 Å². The van der Waals surface area contributed by atoms with Crippen molar-refractivity contribution in [3.05, 3.63) is 17.7 Å². The van der Waals surface area contributed by atoms with Crippen LogP contribution in [0.3, 0.4) is 0 Å². The number of nitrogens with one attached hydrogen (secondary N) is 1. The summed E-state index contributed by atoms with van der Waals surface area (Å²) in [5.74, 6) is -0.479. The fourth-order valence-electron chi connectivity index (χ4n) is 1.36. The summed E-state index contributed by atoms with van der Waals surface area (Å²) in [4.78, 5) is 18.4. The molecule has 0 aliphatic carbocycles. The molecule has 0 aliphatic heterocycles. The molecule has 17 heavy (non-hydrogen) atoms. The minimum atomic E-state index is -0.619. The third-order valence-corrected chi connectivity index (χ3v) is 2.01. The molecule has 0 spiro atoms. The summed E-state index contributed by atoms with van der Waals surface area (Å²) >= 11 is 0. The molecule has 0 fully saturated rings. The number of hydrogen-bond donors (Lipinski definition) is 1. The second-order valence-electron chi connectivity index (χ2n) is 3.13. The summed E-state index contributed by atoms with van der Waals surface area (Å²) < 4.78 is 15.7. The number of carbonyl (C=O) groups is 1. The van der Waals surface area contributed by atoms with Gasteiger partial charge in [-0.25, -0.2) is 9.78 Å². The van der Waals surface area contributed by atoms with E-state index in [9.17, 15) is 4.79 Å². The summed E-state index contributed by atoms with van der Waals surface area (Å²) in [6.45, 7) is 6.71. The maximum absolute atomic E-state index is 11.6. The average Bonchev–Trinajstić information content (AvgIpc) is 2.78. The molecule has 1 N–H and O–H groups in total. The van der Waals surface area contributed by atoms with Gasteiger partial charge in [-0.3, -0.25) is 0 Å². The Hall–Kier alpha value is -1.40. The Morgan fingerprint density at radius 2 is 1.94 bits per heavy atom. The van der Waals surface area contributed by atoms with Crippen LogP contribution in [0, 0.1) is 0 Å². The van der Waals surface area contributed by atoms with E-state index in [1.807, 2.05) is 13.8 Å². The molecule has 0 saturated carbocycles. The monoisotopic (exact) mass is 242 g/mol. The first kappa shape index (κ1) is 13.7. The smallest absolute Gasteiger partial charge is 0.359 e. The van der Waals surface area contributed by atoms with Gasteiger partial charge in [0.25, 0.3) is 0 Å². The topological polar surface area (TPSA) is 73.4 Å². The van der Waals surface area contributed by atoms with Gasteiger partial charge in [-0.2, -0.15) is 0 Å². The zero-order chi connectivity index (χ0) is 12.7. The highest BCUT2D eigenvalue weighted by atomic mass is 16.7. The average molecular weight is 242 g/mol. The third-order valence-electron chi connectivity index (χ3n) is 2.01. The van der Waals surface area contributed by atoms with Crippen molar-refractivity contribution in [2.75, 3.05) is 19.8 Å². The van der Waals surface area contributed by atoms with Gasteiger partial charge >= 0.3 is 5.97 Å². The molecule has 1 rings (SSSR count). The van der Waals surface area contributed by atoms with Gasteiger partial charge in [0.15, 0.2) is 5.69 Å². The van der Waals surface area contributed by atoms with Crippen molar-refractivity contribution in [3.63, 3.8) is 0 Å². The molecule has 1 aromatic rings. The molecule has 0 bridgehead atoms. The molecule has 0 atom stereocenters. The van der Waals surface area contributed by atoms with Gasteiger partial charge in [0.05, 0.1) is 12.9 Å². The van der Waals surface area contributed by atoms with Crippen molar-refractivity contribution in [1.82, 2.24) is 9.97 Å². The Bertz CT molecular complexity index is 345. The van der Waals surface area contributed by atoms with Crippen LogP contribution in [0.15, 0.2) is 6.33 Å². The van der Waals surface area contributed by atoms with Crippen molar-refractivity contribution in [3.8, 4) is 0 Å². The van der Waals surface area contributed by atoms with Crippen LogP contribution in [-0.2, 0) is 14.2 Å². The van der Waals surface area contributed by atoms with Gasteiger partial charge in [0.2, 0.25) is 6.29 Å². The van der Waals surface area contributed by atoms with Crippen LogP contribution in [0.2, 0.25) is 0 Å². The van der Waals surface area contributed by atoms with Gasteiger partial charge in [-0.1, -0.05) is 0 Å². The van der Waals surface area contributed by atoms with E-state index in [0.717, 1.165) is 0 Å². The molecule has 0 amide bonds. The zero-order valence-corrected chi connectivity index (χ0v) is 10.4. The Labute approximate surface area is 100 Å². The summed E-state index contributed by atoms with van der Waals surface area (Å²) in [6.07, 6.45) is 0.805. The van der Waals surface area contributed by atoms with Gasteiger partial charge in [-0.15, -0.1) is 0 Å². The first-order chi connectivity index (χ1) is 8.24. The van der Waals surface area contributed by atoms with E-state index in [1.54, 1.807) is 6.92 Å². The maximum atomic E-state index is 11.6. The molecule has 6 heteroatoms. The number of aromatic nitrogens is 2. The van der Waals surface area contributed by atoms with E-state index in [-0.39, 0.29) is 5.69 Å². The summed E-state index contributed by atoms with van der Waals surface area (Å²) in [5, 5.41) is 0. The van der Waals surface area contributed by atoms with Crippen LogP contribution in [-0.4, -0.2) is 35.8 Å². The Kier molecular flexibility index (Phi) is 5.65. The molecule has 0 aliphatic rings. The fourth-order valence-corrected chi connectivity index (χ4v) is 1.36. The van der Waals surface area contributed by atoms with Crippen LogP contribution < -0.4 is 0 Å². The Morgan fingerprint density at radius 3 is 2.47 bits per heavy atom. The van der Waals surface area contributed by atoms with E-state index in [0.29, 0.717) is 25.5 Å². The van der Waals surface area contributed by atoms with E-state index in [2.05, 4.69) is 9.97 Å². The van der Waals surface area contributed by atoms with E-state index >= 15 is 0 Å². The van der Waals surface area contributed by atoms with Crippen LogP contribution in [0.25, 0.3) is 0 Å². The fraction of sp³-hybridized carbons (Fsp3) is 0.636. The molecule has 0 unspecified atom stereocenters. The molecule has 96 valence electrons. The van der Waals surface area contributed by atoms with Crippen LogP contribution in [0.1, 0.15) is 43.2 Å². The molecular weight excluding hydrogens is 224 g/mol. The number of esters is 1. The van der Waals surface area contributed by atoms with Gasteiger partial charge in [0, 0.05) is 13.2 Å². The van der Waals surface area contributed by atoms with Gasteiger partial charge in [-0.05, 0) is 20.8 Å². The van der Waals surface area contributed by atoms with Crippen molar-refractivity contribution in [1.29, 1.82) is 0 Å². The number of aromatic amines is 1. The molecule has 6 nitrogen and oxygen atoms in total. The highest BCUT2D eigenvalue weighted by Gasteiger charge is 2.23. The van der Waals surface area contributed by atoms with Crippen molar-refractivity contribution in [2.45, 2.75) is 27.1 Å². The van der Waals surface area contributed by atoms with E-state index in [1.165, 1.54) is 6.33 Å². The lowest BCUT2D eigenvalue weighted by atomic mass is 10.3. The first-order valence-electron chi connectivity index (χ1n) is 5.68. The second kappa shape index (κ2) is 7.03. The molecule has 0 aromatic carbocycles. The lowest BCUT2D eigenvalue weighted by Gasteiger charge is -2.16. The molecule has 1 aromatic heterocycles. The lowest BCUT2D eigenvalue weighted by molar-refractivity contribution is -0.142. The predicted octanol–water partition coefficient (Wildman–Crippen LogP) is 1.66. The maximum Gasteiger partial charge on any atom is 0.359 e. The number of hydrogen-bond acceptors (Lipinski definition) is 5. The Balaban J connectivity index is 2.87. The van der Waals surface area contributed by atoms with Gasteiger partial charge < -0.3 is 19.2 Å². The largest absolute Gasteiger partial charge is 0.461 e. The summed E-state index contributed by atoms with van der Waals surface area (Å²) in [6, 6.07) is 0. The molecule has 0 saturated heterocycles. The summed E-state index contributed by atoms with van der Waals surface area (Å²) in [7, 11) is 0. The highest BCUT2D eigenvalue weighted by molar-refractivity contribution is 5.88. The SMILES string of the molecule is CCOC(=O)c1nc[nH]c1C(OCC)OCC. The zero-order valence-electron chi connectivity index (χ0n) is 10.4. The van der Waals surface area contributed by atoms with Crippen LogP contribution >= 0.6 is 0 Å². The normalized spacial score (nSPS) is 10.8. The standard InChI is InChI=1S/C11H18N2O4/c1-4-15-10(14)8-9(13-7-12-8)11(16-5-2)17-6-3/h7,11H,4-6H2,1-3H3,(H,12,13). The van der Waals surface area contributed by atoms with Crippen molar-refractivity contribution >= 4 is 5.97 Å². The van der Waals surface area contributed by atoms with Crippen LogP contribution in [0.4, 0.5) is 0 Å². The Morgan fingerprint density at radius 1 is 1.29 bits per heavy atom. The molecule has 0 radical (unpaired) electrons. The van der Waals surface area contributed by atoms with Gasteiger partial charge in [0.1, 0.15) is 5.69 Å².